The van der Waals surface area contributed by atoms with Crippen molar-refractivity contribution in [2.24, 2.45) is 0 Å². The largest absolute Gasteiger partial charge is 0.452 e. The predicted octanol–water partition coefficient (Wildman–Crippen LogP) is 1.49. The number of unbranched alkanes of at least 4 members (excludes halogenated alkanes) is 1. The maximum atomic E-state index is 13.0. The highest BCUT2D eigenvalue weighted by Gasteiger charge is 2.25. The highest BCUT2D eigenvalue weighted by atomic mass is 16.5. The van der Waals surface area contributed by atoms with Gasteiger partial charge in [-0.05, 0) is 37.8 Å². The Morgan fingerprint density at radius 1 is 1.27 bits per heavy atom. The van der Waals surface area contributed by atoms with Gasteiger partial charge in [0.15, 0.2) is 12.3 Å². The Labute approximate surface area is 191 Å². The number of esters is 1. The third kappa shape index (κ3) is 5.99. The molecule has 0 atom stereocenters. The molecule has 4 N–H and O–H groups in total. The van der Waals surface area contributed by atoms with Crippen molar-refractivity contribution >= 4 is 29.2 Å². The number of hydrogen-bond acceptors (Lipinski definition) is 8. The molecule has 0 aliphatic heterocycles. The molecule has 2 aromatic heterocycles. The summed E-state index contributed by atoms with van der Waals surface area (Å²) in [4.78, 5) is 57.6. The average molecular weight is 459 g/mol. The average Bonchev–Trinajstić information content (AvgIpc) is 3.61. The van der Waals surface area contributed by atoms with Crippen LogP contribution >= 0.6 is 0 Å². The van der Waals surface area contributed by atoms with Crippen molar-refractivity contribution in [1.82, 2.24) is 14.5 Å². The second-order valence-electron chi connectivity index (χ2n) is 7.97. The van der Waals surface area contributed by atoms with Gasteiger partial charge in [0, 0.05) is 25.3 Å². The Morgan fingerprint density at radius 3 is 2.64 bits per heavy atom. The highest BCUT2D eigenvalue weighted by molar-refractivity contribution is 5.98. The van der Waals surface area contributed by atoms with E-state index < -0.39 is 29.7 Å². The van der Waals surface area contributed by atoms with Gasteiger partial charge >= 0.3 is 11.7 Å². The number of rotatable bonds is 11. The van der Waals surface area contributed by atoms with Gasteiger partial charge in [-0.2, -0.15) is 0 Å². The van der Waals surface area contributed by atoms with Crippen LogP contribution in [0.15, 0.2) is 27.9 Å². The van der Waals surface area contributed by atoms with Gasteiger partial charge in [-0.1, -0.05) is 20.3 Å². The normalized spacial score (nSPS) is 12.9. The molecule has 0 radical (unpaired) electrons. The number of carbonyl (C=O) groups excluding carboxylic acids is 2. The Balaban J connectivity index is 1.74. The van der Waals surface area contributed by atoms with E-state index in [1.54, 1.807) is 12.1 Å². The van der Waals surface area contributed by atoms with Crippen LogP contribution in [0, 0.1) is 0 Å². The number of nitrogen functional groups attached to an aromatic ring is 1. The summed E-state index contributed by atoms with van der Waals surface area (Å²) in [5, 5.41) is 3.22. The van der Waals surface area contributed by atoms with Crippen LogP contribution in [0.3, 0.4) is 0 Å². The van der Waals surface area contributed by atoms with Gasteiger partial charge in [-0.25, -0.2) is 14.6 Å². The number of amides is 1. The van der Waals surface area contributed by atoms with E-state index >= 15 is 0 Å². The lowest BCUT2D eigenvalue weighted by Crippen LogP contribution is -2.43. The first-order chi connectivity index (χ1) is 15.8. The van der Waals surface area contributed by atoms with E-state index in [0.29, 0.717) is 24.7 Å². The zero-order chi connectivity index (χ0) is 24.0. The molecule has 0 aromatic carbocycles. The summed E-state index contributed by atoms with van der Waals surface area (Å²) in [5.74, 6) is -0.741. The van der Waals surface area contributed by atoms with Crippen LogP contribution in [0.1, 0.15) is 56.3 Å². The first-order valence-electron chi connectivity index (χ1n) is 11.2. The van der Waals surface area contributed by atoms with Crippen molar-refractivity contribution < 1.29 is 14.3 Å². The molecular weight excluding hydrogens is 428 g/mol. The molecule has 1 aliphatic rings. The SMILES string of the molecule is CCCCN(C(=O)COC(=O)c1ccc(NC2CC2)nc1)c1c(N)n(CCC)c(=O)[nH]c1=O. The number of anilines is 3. The van der Waals surface area contributed by atoms with E-state index in [9.17, 15) is 19.2 Å². The first kappa shape index (κ1) is 24.0. The molecule has 0 unspecified atom stereocenters. The monoisotopic (exact) mass is 458 g/mol. The molecule has 0 spiro atoms. The third-order valence-electron chi connectivity index (χ3n) is 5.22. The van der Waals surface area contributed by atoms with Gasteiger partial charge in [0.2, 0.25) is 0 Å². The van der Waals surface area contributed by atoms with Crippen LogP contribution in [-0.4, -0.2) is 45.6 Å². The number of nitrogens with two attached hydrogens (primary N) is 1. The van der Waals surface area contributed by atoms with Crippen molar-refractivity contribution in [3.05, 3.63) is 44.7 Å². The van der Waals surface area contributed by atoms with Gasteiger partial charge in [0.05, 0.1) is 5.56 Å². The molecule has 178 valence electrons. The zero-order valence-corrected chi connectivity index (χ0v) is 18.9. The fourth-order valence-electron chi connectivity index (χ4n) is 3.29. The molecule has 2 heterocycles. The van der Waals surface area contributed by atoms with E-state index in [2.05, 4.69) is 15.3 Å². The lowest BCUT2D eigenvalue weighted by atomic mass is 10.2. The summed E-state index contributed by atoms with van der Waals surface area (Å²) in [6.07, 6.45) is 5.54. The summed E-state index contributed by atoms with van der Waals surface area (Å²) < 4.78 is 6.39. The van der Waals surface area contributed by atoms with Crippen LogP contribution < -0.4 is 27.2 Å². The van der Waals surface area contributed by atoms with Gasteiger partial charge in [-0.3, -0.25) is 19.1 Å². The summed E-state index contributed by atoms with van der Waals surface area (Å²) in [7, 11) is 0. The topological polar surface area (TPSA) is 152 Å². The number of pyridine rings is 1. The third-order valence-corrected chi connectivity index (χ3v) is 5.22. The second-order valence-corrected chi connectivity index (χ2v) is 7.97. The maximum absolute atomic E-state index is 13.0. The fraction of sp³-hybridized carbons (Fsp3) is 0.500. The maximum Gasteiger partial charge on any atom is 0.340 e. The molecule has 1 amide bonds. The Morgan fingerprint density at radius 2 is 2.03 bits per heavy atom. The second kappa shape index (κ2) is 10.8. The van der Waals surface area contributed by atoms with Crippen LogP contribution in [0.5, 0.6) is 0 Å². The van der Waals surface area contributed by atoms with E-state index in [1.807, 2.05) is 13.8 Å². The Hall–Kier alpha value is -3.63. The summed E-state index contributed by atoms with van der Waals surface area (Å²) in [5.41, 5.74) is 4.80. The molecule has 1 aliphatic carbocycles. The quantitative estimate of drug-likeness (QED) is 0.428. The number of ether oxygens (including phenoxy) is 1. The first-order valence-corrected chi connectivity index (χ1v) is 11.2. The Bertz CT molecular complexity index is 1100. The van der Waals surface area contributed by atoms with Gasteiger partial charge in [0.25, 0.3) is 11.5 Å². The molecule has 1 fully saturated rings. The van der Waals surface area contributed by atoms with E-state index in [0.717, 1.165) is 19.3 Å². The van der Waals surface area contributed by atoms with E-state index in [-0.39, 0.29) is 30.2 Å². The van der Waals surface area contributed by atoms with Crippen molar-refractivity contribution in [2.75, 3.05) is 29.1 Å². The number of hydrogen-bond donors (Lipinski definition) is 3. The van der Waals surface area contributed by atoms with Crippen LogP contribution in [0.4, 0.5) is 17.3 Å². The van der Waals surface area contributed by atoms with Crippen LogP contribution in [0.2, 0.25) is 0 Å². The molecule has 1 saturated carbocycles. The zero-order valence-electron chi connectivity index (χ0n) is 18.9. The fourth-order valence-corrected chi connectivity index (χ4v) is 3.29. The molecule has 33 heavy (non-hydrogen) atoms. The summed E-state index contributed by atoms with van der Waals surface area (Å²) in [6, 6.07) is 3.69. The van der Waals surface area contributed by atoms with Crippen LogP contribution in [-0.2, 0) is 16.1 Å². The van der Waals surface area contributed by atoms with Crippen LogP contribution in [0.25, 0.3) is 0 Å². The minimum Gasteiger partial charge on any atom is -0.452 e. The number of carbonyl (C=O) groups is 2. The summed E-state index contributed by atoms with van der Waals surface area (Å²) >= 11 is 0. The van der Waals surface area contributed by atoms with Crippen molar-refractivity contribution in [3.63, 3.8) is 0 Å². The number of H-pyrrole nitrogens is 1. The lowest BCUT2D eigenvalue weighted by molar-refractivity contribution is -0.121. The van der Waals surface area contributed by atoms with Gasteiger partial charge < -0.3 is 20.7 Å². The van der Waals surface area contributed by atoms with Gasteiger partial charge in [-0.15, -0.1) is 0 Å². The minimum atomic E-state index is -0.761. The lowest BCUT2D eigenvalue weighted by Gasteiger charge is -2.24. The number of nitrogens with zero attached hydrogens (tertiary/aromatic N) is 3. The standard InChI is InChI=1S/C22H30N6O5/c1-3-5-11-27(18-19(23)28(10-4-2)22(32)26-20(18)30)17(29)13-33-21(31)14-6-9-16(24-12-14)25-15-7-8-15/h6,9,12,15H,3-5,7-8,10-11,13,23H2,1-2H3,(H,24,25)(H,26,30,32). The Kier molecular flexibility index (Phi) is 7.86. The van der Waals surface area contributed by atoms with E-state index in [1.165, 1.54) is 15.7 Å². The van der Waals surface area contributed by atoms with Crippen molar-refractivity contribution in [3.8, 4) is 0 Å². The number of nitrogens with one attached hydrogen (secondary N) is 2. The van der Waals surface area contributed by atoms with Gasteiger partial charge in [0.1, 0.15) is 11.6 Å². The minimum absolute atomic E-state index is 0.0932. The molecule has 0 bridgehead atoms. The van der Waals surface area contributed by atoms with Crippen molar-refractivity contribution in [2.45, 2.75) is 58.5 Å². The molecule has 3 rings (SSSR count). The van der Waals surface area contributed by atoms with Crippen molar-refractivity contribution in [1.29, 1.82) is 0 Å². The highest BCUT2D eigenvalue weighted by Crippen LogP contribution is 2.23. The molecular formula is C22H30N6O5. The molecule has 2 aromatic rings. The predicted molar refractivity (Wildman–Crippen MR) is 124 cm³/mol. The molecule has 11 nitrogen and oxygen atoms in total. The van der Waals surface area contributed by atoms with E-state index in [4.69, 9.17) is 10.5 Å². The molecule has 0 saturated heterocycles. The number of aromatic nitrogens is 3. The summed E-state index contributed by atoms with van der Waals surface area (Å²) in [6.45, 7) is 3.68. The smallest absolute Gasteiger partial charge is 0.340 e. The number of aromatic amines is 1. The molecule has 11 heteroatoms.